The van der Waals surface area contributed by atoms with E-state index in [4.69, 9.17) is 5.73 Å². The number of urea groups is 1. The van der Waals surface area contributed by atoms with Gasteiger partial charge >= 0.3 is 6.03 Å². The van der Waals surface area contributed by atoms with Gasteiger partial charge in [0.25, 0.3) is 5.91 Å². The Balaban J connectivity index is 1.79. The van der Waals surface area contributed by atoms with Crippen molar-refractivity contribution in [2.45, 2.75) is 18.9 Å². The van der Waals surface area contributed by atoms with Crippen molar-refractivity contribution in [2.75, 3.05) is 26.2 Å². The molecule has 114 valence electrons. The van der Waals surface area contributed by atoms with E-state index in [1.165, 1.54) is 4.90 Å². The van der Waals surface area contributed by atoms with E-state index >= 15 is 0 Å². The molecule has 0 radical (unpaired) electrons. The molecule has 6 nitrogen and oxygen atoms in total. The van der Waals surface area contributed by atoms with Gasteiger partial charge in [0.2, 0.25) is 0 Å². The van der Waals surface area contributed by atoms with Gasteiger partial charge in [-0.3, -0.25) is 4.79 Å². The quantitative estimate of drug-likeness (QED) is 0.831. The average molecular weight is 291 g/mol. The fourth-order valence-corrected chi connectivity index (χ4v) is 2.43. The van der Waals surface area contributed by atoms with E-state index in [1.807, 2.05) is 30.3 Å². The molecule has 1 aromatic rings. The molecule has 0 unspecified atom stereocenters. The van der Waals surface area contributed by atoms with Crippen LogP contribution in [0.1, 0.15) is 12.0 Å². The molecular formula is C15H21N3O3. The lowest BCUT2D eigenvalue weighted by Gasteiger charge is -2.34. The Morgan fingerprint density at radius 3 is 2.24 bits per heavy atom. The lowest BCUT2D eigenvalue weighted by atomic mass is 10.1. The molecule has 0 saturated carbocycles. The number of carbonyl (C=O) groups excluding carboxylic acids is 2. The molecule has 1 heterocycles. The summed E-state index contributed by atoms with van der Waals surface area (Å²) in [5.41, 5.74) is 6.29. The number of piperazine rings is 1. The summed E-state index contributed by atoms with van der Waals surface area (Å²) in [7, 11) is 0. The van der Waals surface area contributed by atoms with Crippen LogP contribution in [0, 0.1) is 0 Å². The van der Waals surface area contributed by atoms with Gasteiger partial charge < -0.3 is 20.6 Å². The Labute approximate surface area is 124 Å². The Morgan fingerprint density at radius 1 is 1.10 bits per heavy atom. The fourth-order valence-electron chi connectivity index (χ4n) is 2.43. The molecule has 0 bridgehead atoms. The maximum atomic E-state index is 12.1. The molecule has 3 N–H and O–H groups in total. The number of nitrogens with two attached hydrogens (primary N) is 1. The summed E-state index contributed by atoms with van der Waals surface area (Å²) in [6.45, 7) is 1.69. The van der Waals surface area contributed by atoms with Crippen molar-refractivity contribution in [3.63, 3.8) is 0 Å². The van der Waals surface area contributed by atoms with Crippen molar-refractivity contribution in [3.05, 3.63) is 35.9 Å². The minimum atomic E-state index is -0.995. The number of amides is 3. The third kappa shape index (κ3) is 4.19. The molecule has 21 heavy (non-hydrogen) atoms. The van der Waals surface area contributed by atoms with Gasteiger partial charge in [-0.25, -0.2) is 4.79 Å². The van der Waals surface area contributed by atoms with Gasteiger partial charge in [0.1, 0.15) is 6.10 Å². The minimum absolute atomic E-state index is 0.268. The van der Waals surface area contributed by atoms with Crippen LogP contribution in [0.2, 0.25) is 0 Å². The second-order valence-electron chi connectivity index (χ2n) is 5.19. The molecule has 6 heteroatoms. The largest absolute Gasteiger partial charge is 0.383 e. The van der Waals surface area contributed by atoms with Crippen molar-refractivity contribution in [3.8, 4) is 0 Å². The van der Waals surface area contributed by atoms with Crippen LogP contribution in [-0.2, 0) is 11.2 Å². The van der Waals surface area contributed by atoms with E-state index < -0.39 is 12.1 Å². The van der Waals surface area contributed by atoms with E-state index in [-0.39, 0.29) is 5.91 Å². The third-order valence-corrected chi connectivity index (χ3v) is 3.74. The maximum Gasteiger partial charge on any atom is 0.314 e. The van der Waals surface area contributed by atoms with E-state index in [1.54, 1.807) is 4.90 Å². The Hall–Kier alpha value is -2.08. The van der Waals surface area contributed by atoms with Crippen LogP contribution in [0.25, 0.3) is 0 Å². The minimum Gasteiger partial charge on any atom is -0.383 e. The van der Waals surface area contributed by atoms with E-state index in [0.717, 1.165) is 5.56 Å². The van der Waals surface area contributed by atoms with Crippen LogP contribution in [-0.4, -0.2) is 59.1 Å². The van der Waals surface area contributed by atoms with Crippen LogP contribution >= 0.6 is 0 Å². The van der Waals surface area contributed by atoms with Crippen LogP contribution in [0.15, 0.2) is 30.3 Å². The topological polar surface area (TPSA) is 86.9 Å². The third-order valence-electron chi connectivity index (χ3n) is 3.74. The van der Waals surface area contributed by atoms with E-state index in [9.17, 15) is 14.7 Å². The standard InChI is InChI=1S/C15H21N3O3/c16-15(21)18-10-8-17(9-11-18)14(20)13(19)7-6-12-4-2-1-3-5-12/h1-5,13,19H,6-11H2,(H2,16,21)/t13-/m1/s1. The van der Waals surface area contributed by atoms with Crippen molar-refractivity contribution in [2.24, 2.45) is 5.73 Å². The van der Waals surface area contributed by atoms with Crippen molar-refractivity contribution in [1.29, 1.82) is 0 Å². The Kier molecular flexibility index (Phi) is 5.16. The zero-order valence-corrected chi connectivity index (χ0v) is 11.9. The summed E-state index contributed by atoms with van der Waals surface area (Å²) in [4.78, 5) is 26.2. The number of rotatable bonds is 4. The number of aliphatic hydroxyl groups is 1. The maximum absolute atomic E-state index is 12.1. The molecule has 1 saturated heterocycles. The lowest BCUT2D eigenvalue weighted by molar-refractivity contribution is -0.141. The second-order valence-corrected chi connectivity index (χ2v) is 5.19. The highest BCUT2D eigenvalue weighted by atomic mass is 16.3. The number of benzene rings is 1. The molecular weight excluding hydrogens is 270 g/mol. The highest BCUT2D eigenvalue weighted by Gasteiger charge is 2.26. The molecule has 1 aliphatic heterocycles. The Bertz CT molecular complexity index is 484. The zero-order valence-electron chi connectivity index (χ0n) is 11.9. The van der Waals surface area contributed by atoms with Gasteiger partial charge in [-0.05, 0) is 18.4 Å². The van der Waals surface area contributed by atoms with Crippen LogP contribution in [0.5, 0.6) is 0 Å². The monoisotopic (exact) mass is 291 g/mol. The first-order valence-corrected chi connectivity index (χ1v) is 7.13. The molecule has 0 aromatic heterocycles. The summed E-state index contributed by atoms with van der Waals surface area (Å²) >= 11 is 0. The molecule has 3 amide bonds. The van der Waals surface area contributed by atoms with Crippen LogP contribution < -0.4 is 5.73 Å². The first-order valence-electron chi connectivity index (χ1n) is 7.13. The molecule has 1 fully saturated rings. The highest BCUT2D eigenvalue weighted by Crippen LogP contribution is 2.09. The summed E-state index contributed by atoms with van der Waals surface area (Å²) < 4.78 is 0. The molecule has 1 aromatic carbocycles. The van der Waals surface area contributed by atoms with Gasteiger partial charge in [-0.2, -0.15) is 0 Å². The molecule has 0 aliphatic carbocycles. The fraction of sp³-hybridized carbons (Fsp3) is 0.467. The smallest absolute Gasteiger partial charge is 0.314 e. The lowest BCUT2D eigenvalue weighted by Crippen LogP contribution is -2.54. The van der Waals surface area contributed by atoms with Crippen LogP contribution in [0.4, 0.5) is 4.79 Å². The molecule has 2 rings (SSSR count). The summed E-state index contributed by atoms with van der Waals surface area (Å²) in [5.74, 6) is -0.268. The normalized spacial score (nSPS) is 16.6. The first kappa shape index (κ1) is 15.3. The first-order chi connectivity index (χ1) is 10.1. The van der Waals surface area contributed by atoms with E-state index in [0.29, 0.717) is 39.0 Å². The van der Waals surface area contributed by atoms with Gasteiger partial charge in [0.05, 0.1) is 0 Å². The number of hydrogen-bond donors (Lipinski definition) is 2. The predicted molar refractivity (Wildman–Crippen MR) is 78.5 cm³/mol. The summed E-state index contributed by atoms with van der Waals surface area (Å²) in [5, 5.41) is 10.0. The average Bonchev–Trinajstić information content (AvgIpc) is 2.53. The molecule has 0 spiro atoms. The summed E-state index contributed by atoms with van der Waals surface area (Å²) in [6, 6.07) is 9.29. The van der Waals surface area contributed by atoms with Gasteiger partial charge in [-0.15, -0.1) is 0 Å². The zero-order chi connectivity index (χ0) is 15.2. The Morgan fingerprint density at radius 2 is 1.67 bits per heavy atom. The summed E-state index contributed by atoms with van der Waals surface area (Å²) in [6.07, 6.45) is 0.0683. The van der Waals surface area contributed by atoms with Crippen molar-refractivity contribution < 1.29 is 14.7 Å². The number of carbonyl (C=O) groups is 2. The SMILES string of the molecule is NC(=O)N1CCN(C(=O)[C@H](O)CCc2ccccc2)CC1. The highest BCUT2D eigenvalue weighted by molar-refractivity contribution is 5.81. The van der Waals surface area contributed by atoms with Gasteiger partial charge in [-0.1, -0.05) is 30.3 Å². The second kappa shape index (κ2) is 7.08. The number of hydrogen-bond acceptors (Lipinski definition) is 3. The predicted octanol–water partition coefficient (Wildman–Crippen LogP) is 0.203. The van der Waals surface area contributed by atoms with Gasteiger partial charge in [0.15, 0.2) is 0 Å². The van der Waals surface area contributed by atoms with E-state index in [2.05, 4.69) is 0 Å². The van der Waals surface area contributed by atoms with Crippen molar-refractivity contribution >= 4 is 11.9 Å². The number of aryl methyl sites for hydroxylation is 1. The number of aliphatic hydroxyl groups excluding tert-OH is 1. The van der Waals surface area contributed by atoms with Gasteiger partial charge in [0, 0.05) is 26.2 Å². The van der Waals surface area contributed by atoms with Crippen molar-refractivity contribution in [1.82, 2.24) is 9.80 Å². The molecule has 1 aliphatic rings. The number of nitrogens with zero attached hydrogens (tertiary/aromatic N) is 2. The molecule has 1 atom stereocenters. The number of primary amides is 1. The van der Waals surface area contributed by atoms with Crippen LogP contribution in [0.3, 0.4) is 0 Å².